The Morgan fingerprint density at radius 2 is 2.04 bits per heavy atom. The van der Waals surface area contributed by atoms with Crippen molar-refractivity contribution in [3.8, 4) is 5.69 Å². The van der Waals surface area contributed by atoms with Crippen LogP contribution in [0.1, 0.15) is 54.9 Å². The highest BCUT2D eigenvalue weighted by Gasteiger charge is 2.35. The van der Waals surface area contributed by atoms with Crippen LogP contribution in [0.3, 0.4) is 0 Å². The van der Waals surface area contributed by atoms with E-state index in [1.165, 1.54) is 12.8 Å². The van der Waals surface area contributed by atoms with E-state index in [9.17, 15) is 4.79 Å². The van der Waals surface area contributed by atoms with Gasteiger partial charge in [0.1, 0.15) is 0 Å². The fraction of sp³-hybridized carbons (Fsp3) is 0.474. The maximum Gasteiger partial charge on any atom is 0.167 e. The molecule has 1 aromatic heterocycles. The normalized spacial score (nSPS) is 19.5. The molecule has 2 aliphatic carbocycles. The molecule has 1 aromatic carbocycles. The number of carbonyl (C=O) groups excluding carboxylic acids is 1. The first-order chi connectivity index (χ1) is 10.9. The zero-order valence-electron chi connectivity index (χ0n) is 14.0. The van der Waals surface area contributed by atoms with Gasteiger partial charge in [0.25, 0.3) is 0 Å². The molecule has 23 heavy (non-hydrogen) atoms. The number of nitrogens with zero attached hydrogens (tertiary/aromatic N) is 2. The standard InChI is InChI=1S/C19H23N3O/c1-12-18-16(10-19(2,3)11-17(18)23)22(21-12)15-6-4-5-14(9-15)20-13-7-8-13/h4-6,9,13,20H,7-8,10-11H2,1-3H3. The van der Waals surface area contributed by atoms with Crippen LogP contribution in [0.5, 0.6) is 0 Å². The van der Waals surface area contributed by atoms with Crippen LogP contribution >= 0.6 is 0 Å². The summed E-state index contributed by atoms with van der Waals surface area (Å²) in [6, 6.07) is 8.98. The summed E-state index contributed by atoms with van der Waals surface area (Å²) in [5.41, 5.74) is 4.91. The molecule has 2 aromatic rings. The fourth-order valence-corrected chi connectivity index (χ4v) is 3.54. The Kier molecular flexibility index (Phi) is 3.12. The van der Waals surface area contributed by atoms with Crippen LogP contribution < -0.4 is 5.32 Å². The number of aryl methyl sites for hydroxylation is 1. The van der Waals surface area contributed by atoms with Gasteiger partial charge in [-0.15, -0.1) is 0 Å². The number of hydrogen-bond donors (Lipinski definition) is 1. The lowest BCUT2D eigenvalue weighted by molar-refractivity contribution is 0.0910. The summed E-state index contributed by atoms with van der Waals surface area (Å²) in [7, 11) is 0. The van der Waals surface area contributed by atoms with E-state index < -0.39 is 0 Å². The first kappa shape index (κ1) is 14.5. The van der Waals surface area contributed by atoms with Gasteiger partial charge in [0, 0.05) is 18.2 Å². The number of anilines is 1. The molecule has 0 atom stereocenters. The van der Waals surface area contributed by atoms with Gasteiger partial charge in [-0.1, -0.05) is 19.9 Å². The Bertz CT molecular complexity index is 784. The van der Waals surface area contributed by atoms with Gasteiger partial charge in [0.15, 0.2) is 5.78 Å². The number of benzene rings is 1. The monoisotopic (exact) mass is 309 g/mol. The Morgan fingerprint density at radius 1 is 1.26 bits per heavy atom. The lowest BCUT2D eigenvalue weighted by atomic mass is 9.75. The maximum atomic E-state index is 12.5. The Hall–Kier alpha value is -2.10. The molecule has 0 bridgehead atoms. The summed E-state index contributed by atoms with van der Waals surface area (Å²) in [4.78, 5) is 12.5. The third-order valence-corrected chi connectivity index (χ3v) is 4.76. The Balaban J connectivity index is 1.78. The van der Waals surface area contributed by atoms with Crippen molar-refractivity contribution in [2.45, 2.75) is 52.5 Å². The van der Waals surface area contributed by atoms with E-state index in [1.807, 2.05) is 11.6 Å². The van der Waals surface area contributed by atoms with Crippen molar-refractivity contribution in [3.05, 3.63) is 41.2 Å². The number of carbonyl (C=O) groups is 1. The number of nitrogens with one attached hydrogen (secondary N) is 1. The van der Waals surface area contributed by atoms with Gasteiger partial charge in [-0.3, -0.25) is 4.79 Å². The molecule has 1 heterocycles. The maximum absolute atomic E-state index is 12.5. The van der Waals surface area contributed by atoms with Crippen molar-refractivity contribution < 1.29 is 4.79 Å². The highest BCUT2D eigenvalue weighted by molar-refractivity contribution is 5.99. The van der Waals surface area contributed by atoms with Crippen molar-refractivity contribution in [2.24, 2.45) is 5.41 Å². The van der Waals surface area contributed by atoms with E-state index in [2.05, 4.69) is 48.5 Å². The minimum Gasteiger partial charge on any atom is -0.382 e. The van der Waals surface area contributed by atoms with Gasteiger partial charge >= 0.3 is 0 Å². The molecule has 0 aliphatic heterocycles. The van der Waals surface area contributed by atoms with E-state index in [-0.39, 0.29) is 11.2 Å². The van der Waals surface area contributed by atoms with Gasteiger partial charge in [0.05, 0.1) is 22.6 Å². The number of aromatic nitrogens is 2. The van der Waals surface area contributed by atoms with Gasteiger partial charge in [-0.2, -0.15) is 5.10 Å². The number of hydrogen-bond acceptors (Lipinski definition) is 3. The van der Waals surface area contributed by atoms with Crippen LogP contribution in [-0.4, -0.2) is 21.6 Å². The second kappa shape index (κ2) is 4.95. The van der Waals surface area contributed by atoms with E-state index in [0.717, 1.165) is 34.7 Å². The fourth-order valence-electron chi connectivity index (χ4n) is 3.54. The average molecular weight is 309 g/mol. The molecule has 0 radical (unpaired) electrons. The lowest BCUT2D eigenvalue weighted by Crippen LogP contribution is -2.28. The van der Waals surface area contributed by atoms with Crippen molar-refractivity contribution in [3.63, 3.8) is 0 Å². The molecule has 2 aliphatic rings. The van der Waals surface area contributed by atoms with Crippen LogP contribution in [-0.2, 0) is 6.42 Å². The minimum absolute atomic E-state index is 0.00181. The molecular weight excluding hydrogens is 286 g/mol. The molecule has 0 unspecified atom stereocenters. The van der Waals surface area contributed by atoms with Crippen molar-refractivity contribution in [1.29, 1.82) is 0 Å². The minimum atomic E-state index is -0.00181. The summed E-state index contributed by atoms with van der Waals surface area (Å²) in [5, 5.41) is 8.21. The Morgan fingerprint density at radius 3 is 2.78 bits per heavy atom. The summed E-state index contributed by atoms with van der Waals surface area (Å²) in [6.07, 6.45) is 4.00. The largest absolute Gasteiger partial charge is 0.382 e. The molecule has 4 rings (SSSR count). The van der Waals surface area contributed by atoms with E-state index in [4.69, 9.17) is 0 Å². The lowest BCUT2D eigenvalue weighted by Gasteiger charge is -2.29. The summed E-state index contributed by atoms with van der Waals surface area (Å²) in [6.45, 7) is 6.26. The Labute approximate surface area is 136 Å². The second-order valence-electron chi connectivity index (χ2n) is 7.73. The predicted octanol–water partition coefficient (Wildman–Crippen LogP) is 3.91. The smallest absolute Gasteiger partial charge is 0.167 e. The summed E-state index contributed by atoms with van der Waals surface area (Å²) in [5.74, 6) is 0.229. The quantitative estimate of drug-likeness (QED) is 0.935. The molecule has 1 saturated carbocycles. The predicted molar refractivity (Wildman–Crippen MR) is 91.4 cm³/mol. The zero-order chi connectivity index (χ0) is 16.2. The van der Waals surface area contributed by atoms with Gasteiger partial charge in [-0.25, -0.2) is 4.68 Å². The van der Waals surface area contributed by atoms with Gasteiger partial charge < -0.3 is 5.32 Å². The van der Waals surface area contributed by atoms with E-state index >= 15 is 0 Å². The zero-order valence-corrected chi connectivity index (χ0v) is 14.0. The molecule has 0 saturated heterocycles. The average Bonchev–Trinajstić information content (AvgIpc) is 3.21. The topological polar surface area (TPSA) is 46.9 Å². The van der Waals surface area contributed by atoms with E-state index in [0.29, 0.717) is 12.5 Å². The molecule has 0 spiro atoms. The molecular formula is C19H23N3O. The van der Waals surface area contributed by atoms with Crippen molar-refractivity contribution >= 4 is 11.5 Å². The van der Waals surface area contributed by atoms with Gasteiger partial charge in [-0.05, 0) is 49.8 Å². The third kappa shape index (κ3) is 2.67. The number of rotatable bonds is 3. The summed E-state index contributed by atoms with van der Waals surface area (Å²) < 4.78 is 1.97. The van der Waals surface area contributed by atoms with Crippen LogP contribution in [0.25, 0.3) is 5.69 Å². The van der Waals surface area contributed by atoms with Crippen molar-refractivity contribution in [2.75, 3.05) is 5.32 Å². The third-order valence-electron chi connectivity index (χ3n) is 4.76. The number of fused-ring (bicyclic) bond motifs is 1. The molecule has 120 valence electrons. The number of Topliss-reactive ketones (excluding diaryl/α,β-unsaturated/α-hetero) is 1. The molecule has 4 heteroatoms. The van der Waals surface area contributed by atoms with E-state index in [1.54, 1.807) is 0 Å². The first-order valence-corrected chi connectivity index (χ1v) is 8.42. The van der Waals surface area contributed by atoms with Crippen LogP contribution in [0.4, 0.5) is 5.69 Å². The molecule has 0 amide bonds. The van der Waals surface area contributed by atoms with Crippen LogP contribution in [0.2, 0.25) is 0 Å². The van der Waals surface area contributed by atoms with Crippen LogP contribution in [0, 0.1) is 12.3 Å². The highest BCUT2D eigenvalue weighted by Crippen LogP contribution is 2.37. The summed E-state index contributed by atoms with van der Waals surface area (Å²) >= 11 is 0. The second-order valence-corrected chi connectivity index (χ2v) is 7.73. The number of ketones is 1. The highest BCUT2D eigenvalue weighted by atomic mass is 16.1. The molecule has 1 N–H and O–H groups in total. The SMILES string of the molecule is Cc1nn(-c2cccc(NC3CC3)c2)c2c1C(=O)CC(C)(C)C2. The molecule has 4 nitrogen and oxygen atoms in total. The van der Waals surface area contributed by atoms with Gasteiger partial charge in [0.2, 0.25) is 0 Å². The van der Waals surface area contributed by atoms with Crippen LogP contribution in [0.15, 0.2) is 24.3 Å². The first-order valence-electron chi connectivity index (χ1n) is 8.42. The molecule has 1 fully saturated rings. The van der Waals surface area contributed by atoms with Crippen molar-refractivity contribution in [1.82, 2.24) is 9.78 Å².